The van der Waals surface area contributed by atoms with Gasteiger partial charge < -0.3 is 10.1 Å². The Morgan fingerprint density at radius 3 is 3.00 bits per heavy atom. The van der Waals surface area contributed by atoms with Crippen LogP contribution in [0.4, 0.5) is 0 Å². The molecule has 0 aromatic heterocycles. The zero-order valence-electron chi connectivity index (χ0n) is 11.4. The molecule has 19 heavy (non-hydrogen) atoms. The van der Waals surface area contributed by atoms with Gasteiger partial charge in [0.05, 0.1) is 6.61 Å². The summed E-state index contributed by atoms with van der Waals surface area (Å²) in [5, 5.41) is 3.75. The summed E-state index contributed by atoms with van der Waals surface area (Å²) in [6.45, 7) is 2.58. The standard InChI is InChI=1S/C15H20ClNO2/c1-10-12(6-4-7-13(10)16)15(18)17-14-8-3-5-11(14)9-19-2/h4,6-7,11,14H,3,5,8-9H2,1-2H3,(H,17,18)/t11-,14-/m1/s1. The zero-order chi connectivity index (χ0) is 13.8. The summed E-state index contributed by atoms with van der Waals surface area (Å²) in [5.74, 6) is 0.390. The molecule has 1 aromatic carbocycles. The molecule has 1 aromatic rings. The number of rotatable bonds is 4. The van der Waals surface area contributed by atoms with E-state index in [2.05, 4.69) is 5.32 Å². The van der Waals surface area contributed by atoms with E-state index in [4.69, 9.17) is 16.3 Å². The van der Waals surface area contributed by atoms with E-state index in [1.807, 2.05) is 19.1 Å². The lowest BCUT2D eigenvalue weighted by molar-refractivity contribution is 0.0897. The minimum Gasteiger partial charge on any atom is -0.384 e. The van der Waals surface area contributed by atoms with Gasteiger partial charge in [-0.05, 0) is 37.5 Å². The SMILES string of the molecule is COC[C@H]1CCC[C@H]1NC(=O)c1cccc(Cl)c1C. The smallest absolute Gasteiger partial charge is 0.251 e. The molecule has 2 atom stereocenters. The van der Waals surface area contributed by atoms with E-state index >= 15 is 0 Å². The van der Waals surface area contributed by atoms with Crippen LogP contribution in [-0.4, -0.2) is 25.7 Å². The molecule has 1 aliphatic rings. The second-order valence-electron chi connectivity index (χ2n) is 5.14. The Kier molecular flexibility index (Phi) is 4.83. The van der Waals surface area contributed by atoms with Crippen LogP contribution in [0.5, 0.6) is 0 Å². The van der Waals surface area contributed by atoms with Gasteiger partial charge in [0.2, 0.25) is 0 Å². The highest BCUT2D eigenvalue weighted by molar-refractivity contribution is 6.31. The molecule has 4 heteroatoms. The van der Waals surface area contributed by atoms with Crippen molar-refractivity contribution < 1.29 is 9.53 Å². The average Bonchev–Trinajstić information content (AvgIpc) is 2.80. The van der Waals surface area contributed by atoms with E-state index in [9.17, 15) is 4.79 Å². The normalized spacial score (nSPS) is 22.5. The van der Waals surface area contributed by atoms with Crippen LogP contribution >= 0.6 is 11.6 Å². The van der Waals surface area contributed by atoms with Gasteiger partial charge in [-0.15, -0.1) is 0 Å². The molecule has 1 amide bonds. The number of amides is 1. The number of nitrogens with one attached hydrogen (secondary N) is 1. The fourth-order valence-corrected chi connectivity index (χ4v) is 2.91. The summed E-state index contributed by atoms with van der Waals surface area (Å²) in [7, 11) is 1.71. The Bertz CT molecular complexity index is 461. The minimum atomic E-state index is -0.0343. The molecule has 1 N–H and O–H groups in total. The van der Waals surface area contributed by atoms with Crippen LogP contribution in [0.2, 0.25) is 5.02 Å². The highest BCUT2D eigenvalue weighted by atomic mass is 35.5. The lowest BCUT2D eigenvalue weighted by atomic mass is 10.0. The first-order valence-corrected chi connectivity index (χ1v) is 7.06. The first kappa shape index (κ1) is 14.4. The molecule has 1 aliphatic carbocycles. The maximum atomic E-state index is 12.3. The quantitative estimate of drug-likeness (QED) is 0.920. The second kappa shape index (κ2) is 6.40. The number of ether oxygens (including phenoxy) is 1. The average molecular weight is 282 g/mol. The monoisotopic (exact) mass is 281 g/mol. The lowest BCUT2D eigenvalue weighted by Gasteiger charge is -2.21. The largest absolute Gasteiger partial charge is 0.384 e. The van der Waals surface area contributed by atoms with E-state index in [1.54, 1.807) is 13.2 Å². The zero-order valence-corrected chi connectivity index (χ0v) is 12.2. The highest BCUT2D eigenvalue weighted by Gasteiger charge is 2.29. The van der Waals surface area contributed by atoms with Crippen LogP contribution in [0.3, 0.4) is 0 Å². The summed E-state index contributed by atoms with van der Waals surface area (Å²) in [5.41, 5.74) is 1.50. The Morgan fingerprint density at radius 1 is 1.47 bits per heavy atom. The van der Waals surface area contributed by atoms with Crippen molar-refractivity contribution >= 4 is 17.5 Å². The highest BCUT2D eigenvalue weighted by Crippen LogP contribution is 2.26. The van der Waals surface area contributed by atoms with Crippen molar-refractivity contribution in [3.8, 4) is 0 Å². The number of hydrogen-bond acceptors (Lipinski definition) is 2. The summed E-state index contributed by atoms with van der Waals surface area (Å²) >= 11 is 6.05. The molecular formula is C15H20ClNO2. The third-order valence-electron chi connectivity index (χ3n) is 3.87. The van der Waals surface area contributed by atoms with Crippen molar-refractivity contribution in [1.82, 2.24) is 5.32 Å². The molecule has 0 unspecified atom stereocenters. The fourth-order valence-electron chi connectivity index (χ4n) is 2.74. The van der Waals surface area contributed by atoms with Crippen LogP contribution in [0.25, 0.3) is 0 Å². The van der Waals surface area contributed by atoms with Crippen molar-refractivity contribution in [2.45, 2.75) is 32.2 Å². The van der Waals surface area contributed by atoms with Gasteiger partial charge in [0, 0.05) is 29.7 Å². The van der Waals surface area contributed by atoms with Crippen molar-refractivity contribution in [3.63, 3.8) is 0 Å². The maximum Gasteiger partial charge on any atom is 0.251 e. The molecule has 0 saturated heterocycles. The predicted molar refractivity (Wildman–Crippen MR) is 76.7 cm³/mol. The van der Waals surface area contributed by atoms with Gasteiger partial charge in [-0.2, -0.15) is 0 Å². The van der Waals surface area contributed by atoms with E-state index in [1.165, 1.54) is 0 Å². The summed E-state index contributed by atoms with van der Waals surface area (Å²) in [6, 6.07) is 5.64. The Morgan fingerprint density at radius 2 is 2.26 bits per heavy atom. The van der Waals surface area contributed by atoms with Crippen molar-refractivity contribution in [2.24, 2.45) is 5.92 Å². The van der Waals surface area contributed by atoms with Gasteiger partial charge in [0.15, 0.2) is 0 Å². The lowest BCUT2D eigenvalue weighted by Crippen LogP contribution is -2.39. The Hall–Kier alpha value is -1.06. The van der Waals surface area contributed by atoms with Gasteiger partial charge in [-0.3, -0.25) is 4.79 Å². The van der Waals surface area contributed by atoms with Crippen LogP contribution in [0.15, 0.2) is 18.2 Å². The summed E-state index contributed by atoms with van der Waals surface area (Å²) in [4.78, 5) is 12.3. The molecule has 0 radical (unpaired) electrons. The predicted octanol–water partition coefficient (Wildman–Crippen LogP) is 3.19. The maximum absolute atomic E-state index is 12.3. The van der Waals surface area contributed by atoms with Crippen LogP contribution in [-0.2, 0) is 4.74 Å². The molecule has 0 bridgehead atoms. The molecular weight excluding hydrogens is 262 g/mol. The first-order chi connectivity index (χ1) is 9.13. The van der Waals surface area contributed by atoms with Crippen molar-refractivity contribution in [1.29, 1.82) is 0 Å². The van der Waals surface area contributed by atoms with Crippen LogP contribution in [0.1, 0.15) is 35.2 Å². The molecule has 104 valence electrons. The first-order valence-electron chi connectivity index (χ1n) is 6.68. The summed E-state index contributed by atoms with van der Waals surface area (Å²) in [6.07, 6.45) is 3.29. The van der Waals surface area contributed by atoms with Gasteiger partial charge in [0.25, 0.3) is 5.91 Å². The molecule has 0 heterocycles. The Balaban J connectivity index is 2.06. The van der Waals surface area contributed by atoms with Crippen LogP contribution in [0, 0.1) is 12.8 Å². The van der Waals surface area contributed by atoms with Crippen molar-refractivity contribution in [2.75, 3.05) is 13.7 Å². The van der Waals surface area contributed by atoms with E-state index < -0.39 is 0 Å². The third-order valence-corrected chi connectivity index (χ3v) is 4.28. The van der Waals surface area contributed by atoms with Crippen LogP contribution < -0.4 is 5.32 Å². The molecule has 1 fully saturated rings. The summed E-state index contributed by atoms with van der Waals surface area (Å²) < 4.78 is 5.21. The molecule has 3 nitrogen and oxygen atoms in total. The Labute approximate surface area is 119 Å². The number of benzene rings is 1. The third kappa shape index (κ3) is 3.28. The number of methoxy groups -OCH3 is 1. The minimum absolute atomic E-state index is 0.0343. The number of halogens is 1. The topological polar surface area (TPSA) is 38.3 Å². The van der Waals surface area contributed by atoms with Crippen molar-refractivity contribution in [3.05, 3.63) is 34.3 Å². The fraction of sp³-hybridized carbons (Fsp3) is 0.533. The molecule has 0 aliphatic heterocycles. The van der Waals surface area contributed by atoms with Gasteiger partial charge in [-0.25, -0.2) is 0 Å². The van der Waals surface area contributed by atoms with E-state index in [0.29, 0.717) is 23.1 Å². The van der Waals surface area contributed by atoms with E-state index in [-0.39, 0.29) is 11.9 Å². The van der Waals surface area contributed by atoms with E-state index in [0.717, 1.165) is 24.8 Å². The molecule has 1 saturated carbocycles. The number of carbonyl (C=O) groups is 1. The molecule has 2 rings (SSSR count). The molecule has 0 spiro atoms. The van der Waals surface area contributed by atoms with Gasteiger partial charge in [0.1, 0.15) is 0 Å². The van der Waals surface area contributed by atoms with Gasteiger partial charge in [-0.1, -0.05) is 24.1 Å². The number of hydrogen-bond donors (Lipinski definition) is 1. The second-order valence-corrected chi connectivity index (χ2v) is 5.55. The number of carbonyl (C=O) groups excluding carboxylic acids is 1. The van der Waals surface area contributed by atoms with Gasteiger partial charge >= 0.3 is 0 Å².